The van der Waals surface area contributed by atoms with Gasteiger partial charge in [0.05, 0.1) is 0 Å². The molecule has 1 aliphatic carbocycles. The van der Waals surface area contributed by atoms with E-state index in [9.17, 15) is 4.39 Å². The Balaban J connectivity index is 2.32. The Bertz CT molecular complexity index is 400. The average molecular weight is 245 g/mol. The molecule has 0 N–H and O–H groups in total. The highest BCUT2D eigenvalue weighted by Gasteiger charge is 2.33. The monoisotopic (exact) mass is 245 g/mol. The van der Waals surface area contributed by atoms with E-state index in [0.717, 1.165) is 31.2 Å². The zero-order chi connectivity index (χ0) is 12.8. The molecule has 0 atom stereocenters. The summed E-state index contributed by atoms with van der Waals surface area (Å²) in [5, 5.41) is 0. The first-order valence-electron chi connectivity index (χ1n) is 7.12. The van der Waals surface area contributed by atoms with Crippen molar-refractivity contribution in [1.29, 1.82) is 0 Å². The minimum absolute atomic E-state index is 0.0629. The molecule has 1 aliphatic rings. The molecule has 1 saturated carbocycles. The van der Waals surface area contributed by atoms with Crippen molar-refractivity contribution in [3.8, 4) is 0 Å². The van der Waals surface area contributed by atoms with E-state index in [-0.39, 0.29) is 11.2 Å². The van der Waals surface area contributed by atoms with Gasteiger partial charge < -0.3 is 0 Å². The van der Waals surface area contributed by atoms with E-state index in [0.29, 0.717) is 0 Å². The number of halogens is 1. The van der Waals surface area contributed by atoms with Gasteiger partial charge in [0.2, 0.25) is 0 Å². The van der Waals surface area contributed by atoms with Crippen LogP contribution in [0.5, 0.6) is 0 Å². The Morgan fingerprint density at radius 3 is 2.78 bits per heavy atom. The molecule has 1 heteroatoms. The molecule has 1 fully saturated rings. The van der Waals surface area contributed by atoms with Crippen LogP contribution in [-0.4, -0.2) is 0 Å². The Labute approximate surface area is 110 Å². The fourth-order valence-electron chi connectivity index (χ4n) is 3.00. The van der Waals surface area contributed by atoms with Gasteiger partial charge >= 0.3 is 0 Å². The number of rotatable bonds is 4. The van der Waals surface area contributed by atoms with Crippen LogP contribution in [-0.2, 0) is 5.41 Å². The predicted octanol–water partition coefficient (Wildman–Crippen LogP) is 5.18. The maximum atomic E-state index is 14.1. The molecule has 97 valence electrons. The van der Waals surface area contributed by atoms with Gasteiger partial charge in [-0.05, 0) is 37.0 Å². The molecule has 18 heavy (non-hydrogen) atoms. The van der Waals surface area contributed by atoms with Crippen molar-refractivity contribution in [1.82, 2.24) is 0 Å². The van der Waals surface area contributed by atoms with Gasteiger partial charge in [0.15, 0.2) is 0 Å². The highest BCUT2D eigenvalue weighted by molar-refractivity contribution is 5.32. The molecule has 0 aromatic heterocycles. The molecule has 0 heterocycles. The van der Waals surface area contributed by atoms with Crippen molar-refractivity contribution in [3.63, 3.8) is 0 Å². The molecule has 1 aromatic rings. The van der Waals surface area contributed by atoms with Gasteiger partial charge in [-0.25, -0.2) is 4.39 Å². The predicted molar refractivity (Wildman–Crippen MR) is 74.0 cm³/mol. The summed E-state index contributed by atoms with van der Waals surface area (Å²) in [5.74, 6) is -0.0967. The van der Waals surface area contributed by atoms with Crippen molar-refractivity contribution in [2.24, 2.45) is 0 Å². The first kappa shape index (κ1) is 13.3. The molecule has 0 saturated heterocycles. The van der Waals surface area contributed by atoms with E-state index < -0.39 is 0 Å². The highest BCUT2D eigenvalue weighted by atomic mass is 19.1. The summed E-state index contributed by atoms with van der Waals surface area (Å²) in [6.45, 7) is 2.18. The molecule has 2 rings (SSSR count). The minimum atomic E-state index is -0.0967. The lowest BCUT2D eigenvalue weighted by atomic mass is 9.69. The number of allylic oxidation sites excluding steroid dienone is 2. The van der Waals surface area contributed by atoms with Gasteiger partial charge in [-0.1, -0.05) is 56.9 Å². The first-order chi connectivity index (χ1) is 8.78. The largest absolute Gasteiger partial charge is 0.207 e. The zero-order valence-corrected chi connectivity index (χ0v) is 11.2. The second-order valence-electron chi connectivity index (χ2n) is 5.31. The van der Waals surface area contributed by atoms with Gasteiger partial charge in [-0.15, -0.1) is 0 Å². The Morgan fingerprint density at radius 2 is 2.11 bits per heavy atom. The van der Waals surface area contributed by atoms with E-state index in [4.69, 9.17) is 0 Å². The maximum Gasteiger partial charge on any atom is 0.127 e. The maximum absolute atomic E-state index is 14.1. The third-order valence-corrected chi connectivity index (χ3v) is 3.99. The van der Waals surface area contributed by atoms with Crippen molar-refractivity contribution in [2.45, 2.75) is 57.3 Å². The molecule has 0 unspecified atom stereocenters. The van der Waals surface area contributed by atoms with Crippen molar-refractivity contribution in [3.05, 3.63) is 47.8 Å². The van der Waals surface area contributed by atoms with Gasteiger partial charge in [0.1, 0.15) is 5.82 Å². The van der Waals surface area contributed by atoms with E-state index in [2.05, 4.69) is 25.1 Å². The summed E-state index contributed by atoms with van der Waals surface area (Å²) in [6, 6.07) is 8.05. The van der Waals surface area contributed by atoms with Crippen LogP contribution in [0.25, 0.3) is 0 Å². The second kappa shape index (κ2) is 6.17. The van der Waals surface area contributed by atoms with Crippen molar-refractivity contribution in [2.75, 3.05) is 0 Å². The summed E-state index contributed by atoms with van der Waals surface area (Å²) in [7, 11) is 0. The van der Waals surface area contributed by atoms with Crippen LogP contribution in [0.2, 0.25) is 0 Å². The van der Waals surface area contributed by atoms with E-state index in [1.165, 1.54) is 25.3 Å². The lowest BCUT2D eigenvalue weighted by molar-refractivity contribution is 0.345. The molecule has 0 bridgehead atoms. The quantitative estimate of drug-likeness (QED) is 0.641. The molecule has 0 amide bonds. The second-order valence-corrected chi connectivity index (χ2v) is 5.31. The molecule has 0 aliphatic heterocycles. The number of benzene rings is 1. The van der Waals surface area contributed by atoms with Crippen LogP contribution in [0.4, 0.5) is 4.39 Å². The van der Waals surface area contributed by atoms with Crippen LogP contribution >= 0.6 is 0 Å². The van der Waals surface area contributed by atoms with Gasteiger partial charge in [-0.3, -0.25) is 0 Å². The Kier molecular flexibility index (Phi) is 4.57. The Hall–Kier alpha value is -1.11. The smallest absolute Gasteiger partial charge is 0.127 e. The van der Waals surface area contributed by atoms with E-state index >= 15 is 0 Å². The number of unbranched alkanes of at least 4 members (excludes halogenated alkanes) is 1. The molecule has 0 nitrogen and oxygen atoms in total. The molecular formula is C17H22F. The third kappa shape index (κ3) is 2.82. The standard InChI is InChI=1S/C17H22F/c1-2-3-7-12-17(13-8-4-9-14-17)15-10-5-6-11-16(15)18/h5,7,10-12H,2-4,8-9,13-14H2,1H3/b12-7+. The third-order valence-electron chi connectivity index (χ3n) is 3.99. The lowest BCUT2D eigenvalue weighted by Gasteiger charge is -2.35. The fourth-order valence-corrected chi connectivity index (χ4v) is 3.00. The van der Waals surface area contributed by atoms with Gasteiger partial charge in [0, 0.05) is 5.41 Å². The van der Waals surface area contributed by atoms with Crippen LogP contribution in [0.3, 0.4) is 0 Å². The first-order valence-corrected chi connectivity index (χ1v) is 7.12. The van der Waals surface area contributed by atoms with Gasteiger partial charge in [-0.2, -0.15) is 0 Å². The molecular weight excluding hydrogens is 223 g/mol. The van der Waals surface area contributed by atoms with Gasteiger partial charge in [0.25, 0.3) is 0 Å². The average Bonchev–Trinajstić information content (AvgIpc) is 2.40. The summed E-state index contributed by atoms with van der Waals surface area (Å²) in [6.07, 6.45) is 12.6. The molecule has 1 radical (unpaired) electrons. The summed E-state index contributed by atoms with van der Waals surface area (Å²) >= 11 is 0. The van der Waals surface area contributed by atoms with Crippen LogP contribution in [0.1, 0.15) is 57.4 Å². The van der Waals surface area contributed by atoms with Crippen molar-refractivity contribution < 1.29 is 4.39 Å². The van der Waals surface area contributed by atoms with E-state index in [1.54, 1.807) is 0 Å². The Morgan fingerprint density at radius 1 is 1.33 bits per heavy atom. The number of hydrogen-bond acceptors (Lipinski definition) is 0. The highest BCUT2D eigenvalue weighted by Crippen LogP contribution is 2.41. The van der Waals surface area contributed by atoms with Crippen LogP contribution < -0.4 is 0 Å². The normalized spacial score (nSPS) is 19.2. The molecule has 1 aromatic carbocycles. The topological polar surface area (TPSA) is 0 Å². The zero-order valence-electron chi connectivity index (χ0n) is 11.2. The summed E-state index contributed by atoms with van der Waals surface area (Å²) < 4.78 is 14.1. The summed E-state index contributed by atoms with van der Waals surface area (Å²) in [4.78, 5) is 0. The number of hydrogen-bond donors (Lipinski definition) is 0. The van der Waals surface area contributed by atoms with Crippen LogP contribution in [0.15, 0.2) is 30.4 Å². The SMILES string of the molecule is CCC/C=C/C1(c2cc[c]cc2F)CCCCC1. The van der Waals surface area contributed by atoms with Crippen LogP contribution in [0, 0.1) is 11.9 Å². The minimum Gasteiger partial charge on any atom is -0.207 e. The fraction of sp³-hybridized carbons (Fsp3) is 0.529. The summed E-state index contributed by atoms with van der Waals surface area (Å²) in [5.41, 5.74) is 0.806. The van der Waals surface area contributed by atoms with Crippen molar-refractivity contribution >= 4 is 0 Å². The lowest BCUT2D eigenvalue weighted by Crippen LogP contribution is -2.27. The molecule has 0 spiro atoms. The van der Waals surface area contributed by atoms with E-state index in [1.807, 2.05) is 12.1 Å².